The van der Waals surface area contributed by atoms with Crippen molar-refractivity contribution >= 4 is 46.2 Å². The van der Waals surface area contributed by atoms with Gasteiger partial charge in [0.25, 0.3) is 0 Å². The van der Waals surface area contributed by atoms with E-state index in [2.05, 4.69) is 65.0 Å². The second kappa shape index (κ2) is 17.9. The van der Waals surface area contributed by atoms with Crippen LogP contribution in [0.15, 0.2) is 53.7 Å². The van der Waals surface area contributed by atoms with E-state index >= 15 is 0 Å². The molecule has 4 aromatic rings. The molecule has 338 valence electrons. The smallest absolute Gasteiger partial charge is 0.407 e. The minimum atomic E-state index is -0.925. The van der Waals surface area contributed by atoms with E-state index in [0.717, 1.165) is 87.1 Å². The van der Waals surface area contributed by atoms with Crippen LogP contribution >= 0.6 is 0 Å². The van der Waals surface area contributed by atoms with Crippen molar-refractivity contribution in [2.24, 2.45) is 10.9 Å². The van der Waals surface area contributed by atoms with Crippen molar-refractivity contribution in [1.82, 2.24) is 30.4 Å². The van der Waals surface area contributed by atoms with Crippen LogP contribution in [-0.4, -0.2) is 120 Å². The van der Waals surface area contributed by atoms with Gasteiger partial charge < -0.3 is 49.1 Å². The number of ether oxygens (including phenoxy) is 5. The van der Waals surface area contributed by atoms with Crippen LogP contribution in [0.5, 0.6) is 5.75 Å². The van der Waals surface area contributed by atoms with Crippen molar-refractivity contribution in [3.05, 3.63) is 65.6 Å². The molecule has 0 saturated carbocycles. The quantitative estimate of drug-likeness (QED) is 0.154. The van der Waals surface area contributed by atoms with Crippen LogP contribution in [0.4, 0.5) is 15.3 Å². The molecular formula is C48H57N7O9. The van der Waals surface area contributed by atoms with E-state index in [1.807, 2.05) is 11.8 Å². The van der Waals surface area contributed by atoms with Crippen molar-refractivity contribution < 1.29 is 42.9 Å². The molecule has 3 fully saturated rings. The number of likely N-dealkylation sites (tertiary alicyclic amines) is 2. The number of aromatic nitrogens is 2. The third-order valence-electron chi connectivity index (χ3n) is 14.1. The first kappa shape index (κ1) is 43.3. The topological polar surface area (TPSA) is 186 Å². The van der Waals surface area contributed by atoms with Gasteiger partial charge in [-0.3, -0.25) is 14.6 Å². The zero-order valence-electron chi connectivity index (χ0n) is 37.3. The standard InChI is InChI=1S/C48H57N7O9/c1-25-7-13-39(54(25)46(57)43(53-48(59)62-6)28-15-17-63-18-16-28)37-21-34-33-22-41-35(20-29(33)10-12-36(34)50-37)32-11-9-30(19-31(32)24-64-41)38-23-49-44(51-38)40-14-8-26(2)55(40)45(56)42(27(3)60-4)52-47(58)61-5/h9-12,19-20,22-23,25-28,39-40,42-43H,7-8,13-18,21,24H2,1-6H3,(H,49,51)(H,52,58)(H,53,59)/t25-,26-,27?,39-,40-,42-,43?/m0/s1. The molecule has 6 heterocycles. The minimum Gasteiger partial charge on any atom is -0.488 e. The Hall–Kier alpha value is -6.00. The number of amides is 4. The van der Waals surface area contributed by atoms with Crippen molar-refractivity contribution in [2.75, 3.05) is 34.5 Å². The van der Waals surface area contributed by atoms with E-state index in [9.17, 15) is 19.2 Å². The molecule has 16 nitrogen and oxygen atoms in total. The number of fused-ring (bicyclic) bond motifs is 6. The number of H-pyrrole nitrogens is 1. The molecule has 3 saturated heterocycles. The SMILES string of the molecule is COC(=O)NC(C(=O)N1[C@@H](C)CC[C@H]1C1=Nc2ccc3cc4c(cc3c2C1)OCc1cc(-c2cnc([C@@H]3CC[C@H](C)N3C(=O)[C@@H](NC(=O)OC)C(C)OC)[nH]2)ccc1-4)C1CCOCC1. The van der Waals surface area contributed by atoms with E-state index in [-0.39, 0.29) is 41.9 Å². The zero-order valence-corrected chi connectivity index (χ0v) is 37.3. The lowest BCUT2D eigenvalue weighted by Crippen LogP contribution is -2.57. The number of aromatic amines is 1. The molecule has 5 aliphatic heterocycles. The number of benzene rings is 3. The normalized spacial score (nSPS) is 23.0. The highest BCUT2D eigenvalue weighted by atomic mass is 16.5. The summed E-state index contributed by atoms with van der Waals surface area (Å²) >= 11 is 0. The van der Waals surface area contributed by atoms with Gasteiger partial charge in [0.05, 0.1) is 50.0 Å². The summed E-state index contributed by atoms with van der Waals surface area (Å²) in [4.78, 5) is 70.2. The molecule has 3 N–H and O–H groups in total. The van der Waals surface area contributed by atoms with Crippen LogP contribution in [0, 0.1) is 5.92 Å². The number of rotatable bonds is 10. The lowest BCUT2D eigenvalue weighted by molar-refractivity contribution is -0.139. The molecule has 0 radical (unpaired) electrons. The Morgan fingerprint density at radius 3 is 2.28 bits per heavy atom. The highest BCUT2D eigenvalue weighted by Gasteiger charge is 2.45. The summed E-state index contributed by atoms with van der Waals surface area (Å²) in [6.07, 6.45) is 5.07. The summed E-state index contributed by atoms with van der Waals surface area (Å²) in [7, 11) is 4.09. The molecular weight excluding hydrogens is 819 g/mol. The summed E-state index contributed by atoms with van der Waals surface area (Å²) in [6.45, 7) is 7.32. The summed E-state index contributed by atoms with van der Waals surface area (Å²) in [5.74, 6) is 1.10. The van der Waals surface area contributed by atoms with E-state index in [1.165, 1.54) is 21.3 Å². The Balaban J connectivity index is 0.933. The molecule has 0 spiro atoms. The van der Waals surface area contributed by atoms with Gasteiger partial charge in [-0.2, -0.15) is 0 Å². The second-order valence-electron chi connectivity index (χ2n) is 17.7. The number of imidazole rings is 1. The summed E-state index contributed by atoms with van der Waals surface area (Å²) in [5, 5.41) is 7.69. The van der Waals surface area contributed by atoms with Crippen LogP contribution < -0.4 is 15.4 Å². The molecule has 0 bridgehead atoms. The Kier molecular flexibility index (Phi) is 12.1. The Morgan fingerprint density at radius 2 is 1.55 bits per heavy atom. The maximum absolute atomic E-state index is 14.4. The number of carbonyl (C=O) groups excluding carboxylic acids is 4. The van der Waals surface area contributed by atoms with Gasteiger partial charge in [0.15, 0.2) is 0 Å². The maximum Gasteiger partial charge on any atom is 0.407 e. The molecule has 4 amide bonds. The van der Waals surface area contributed by atoms with Crippen LogP contribution in [0.1, 0.15) is 82.3 Å². The number of carbonyl (C=O) groups is 4. The third-order valence-corrected chi connectivity index (χ3v) is 14.1. The minimum absolute atomic E-state index is 0.00236. The van der Waals surface area contributed by atoms with Gasteiger partial charge in [0.2, 0.25) is 11.8 Å². The summed E-state index contributed by atoms with van der Waals surface area (Å²) in [5.41, 5.74) is 7.91. The number of hydrogen-bond donors (Lipinski definition) is 3. The predicted octanol–water partition coefficient (Wildman–Crippen LogP) is 6.76. The van der Waals surface area contributed by atoms with Gasteiger partial charge in [-0.05, 0) is 123 Å². The van der Waals surface area contributed by atoms with E-state index in [1.54, 1.807) is 18.0 Å². The van der Waals surface area contributed by atoms with Crippen LogP contribution in [0.3, 0.4) is 0 Å². The highest BCUT2D eigenvalue weighted by Crippen LogP contribution is 2.45. The fraction of sp³-hybridized carbons (Fsp3) is 0.500. The van der Waals surface area contributed by atoms with Crippen molar-refractivity contribution in [3.63, 3.8) is 0 Å². The van der Waals surface area contributed by atoms with Crippen LogP contribution in [0.25, 0.3) is 33.2 Å². The zero-order chi connectivity index (χ0) is 44.8. The average molecular weight is 876 g/mol. The number of nitrogens with one attached hydrogen (secondary N) is 3. The van der Waals surface area contributed by atoms with E-state index < -0.39 is 30.4 Å². The Bertz CT molecular complexity index is 2500. The molecule has 2 unspecified atom stereocenters. The third kappa shape index (κ3) is 7.95. The number of hydrogen-bond acceptors (Lipinski definition) is 11. The molecule has 0 aliphatic carbocycles. The molecule has 7 atom stereocenters. The monoisotopic (exact) mass is 875 g/mol. The largest absolute Gasteiger partial charge is 0.488 e. The first-order chi connectivity index (χ1) is 31.0. The van der Waals surface area contributed by atoms with Crippen molar-refractivity contribution in [1.29, 1.82) is 0 Å². The number of methoxy groups -OCH3 is 3. The first-order valence-electron chi connectivity index (χ1n) is 22.4. The Labute approximate surface area is 372 Å². The van der Waals surface area contributed by atoms with Gasteiger partial charge in [0, 0.05) is 50.1 Å². The lowest BCUT2D eigenvalue weighted by atomic mass is 9.90. The molecule has 3 aromatic carbocycles. The van der Waals surface area contributed by atoms with Gasteiger partial charge in [-0.25, -0.2) is 14.6 Å². The highest BCUT2D eigenvalue weighted by molar-refractivity contribution is 6.06. The van der Waals surface area contributed by atoms with Crippen LogP contribution in [-0.2, 0) is 41.6 Å². The lowest BCUT2D eigenvalue weighted by Gasteiger charge is -2.36. The van der Waals surface area contributed by atoms with Gasteiger partial charge in [-0.1, -0.05) is 18.2 Å². The summed E-state index contributed by atoms with van der Waals surface area (Å²) < 4.78 is 27.3. The molecule has 16 heteroatoms. The van der Waals surface area contributed by atoms with Gasteiger partial charge in [0.1, 0.15) is 30.3 Å². The number of alkyl carbamates (subject to hydrolysis) is 2. The number of aliphatic imine (C=N–C) groups is 1. The number of nitrogens with zero attached hydrogens (tertiary/aromatic N) is 4. The molecule has 5 aliphatic rings. The second-order valence-corrected chi connectivity index (χ2v) is 17.7. The molecule has 1 aromatic heterocycles. The molecule has 9 rings (SSSR count). The fourth-order valence-corrected chi connectivity index (χ4v) is 10.5. The maximum atomic E-state index is 14.4. The van der Waals surface area contributed by atoms with Gasteiger partial charge >= 0.3 is 12.2 Å². The molecule has 64 heavy (non-hydrogen) atoms. The first-order valence-corrected chi connectivity index (χ1v) is 22.4. The summed E-state index contributed by atoms with van der Waals surface area (Å²) in [6, 6.07) is 12.7. The Morgan fingerprint density at radius 1 is 0.828 bits per heavy atom. The van der Waals surface area contributed by atoms with Crippen molar-refractivity contribution in [3.8, 4) is 28.1 Å². The van der Waals surface area contributed by atoms with Crippen molar-refractivity contribution in [2.45, 2.75) is 115 Å². The van der Waals surface area contributed by atoms with E-state index in [4.69, 9.17) is 33.7 Å². The van der Waals surface area contributed by atoms with E-state index in [0.29, 0.717) is 44.9 Å². The van der Waals surface area contributed by atoms with Crippen LogP contribution in [0.2, 0.25) is 0 Å². The predicted molar refractivity (Wildman–Crippen MR) is 238 cm³/mol. The fourth-order valence-electron chi connectivity index (χ4n) is 10.5. The van der Waals surface area contributed by atoms with Gasteiger partial charge in [-0.15, -0.1) is 0 Å². The average Bonchev–Trinajstić information content (AvgIpc) is 4.14.